The number of aryl methyl sites for hydroxylation is 2. The molecule has 0 saturated heterocycles. The van der Waals surface area contributed by atoms with E-state index in [2.05, 4.69) is 24.0 Å². The molecule has 2 aromatic carbocycles. The van der Waals surface area contributed by atoms with E-state index in [1.54, 1.807) is 35.6 Å². The molecule has 33 heavy (non-hydrogen) atoms. The highest BCUT2D eigenvalue weighted by molar-refractivity contribution is 7.22. The Kier molecular flexibility index (Phi) is 6.89. The minimum Gasteiger partial charge on any atom is -0.337 e. The topological polar surface area (TPSA) is 94.2 Å². The van der Waals surface area contributed by atoms with Crippen LogP contribution in [0.1, 0.15) is 24.5 Å². The molecule has 2 aromatic heterocycles. The van der Waals surface area contributed by atoms with Crippen molar-refractivity contribution in [2.45, 2.75) is 26.3 Å². The molecule has 0 fully saturated rings. The number of hydrogen-bond donors (Lipinski definition) is 0. The van der Waals surface area contributed by atoms with Crippen LogP contribution in [-0.2, 0) is 17.8 Å². The molecule has 0 spiro atoms. The van der Waals surface area contributed by atoms with Gasteiger partial charge in [0.1, 0.15) is 0 Å². The Labute approximate surface area is 195 Å². The van der Waals surface area contributed by atoms with Crippen molar-refractivity contribution in [2.75, 3.05) is 11.4 Å². The van der Waals surface area contributed by atoms with Crippen molar-refractivity contribution >= 4 is 44.4 Å². The number of nitro groups is 1. The molecule has 0 aliphatic carbocycles. The summed E-state index contributed by atoms with van der Waals surface area (Å²) in [6, 6.07) is 12.3. The number of benzene rings is 2. The van der Waals surface area contributed by atoms with Crippen LogP contribution in [-0.4, -0.2) is 31.9 Å². The lowest BCUT2D eigenvalue weighted by atomic mass is 10.2. The van der Waals surface area contributed by atoms with Crippen molar-refractivity contribution in [1.29, 1.82) is 0 Å². The van der Waals surface area contributed by atoms with Gasteiger partial charge in [-0.25, -0.2) is 9.97 Å². The smallest absolute Gasteiger partial charge is 0.269 e. The van der Waals surface area contributed by atoms with E-state index in [4.69, 9.17) is 4.98 Å². The van der Waals surface area contributed by atoms with Crippen LogP contribution in [0.4, 0.5) is 10.8 Å². The van der Waals surface area contributed by atoms with Gasteiger partial charge in [0.05, 0.1) is 21.5 Å². The molecule has 4 rings (SSSR count). The summed E-state index contributed by atoms with van der Waals surface area (Å²) in [5.41, 5.74) is 2.83. The first-order chi connectivity index (χ1) is 16.0. The third-order valence-electron chi connectivity index (χ3n) is 5.23. The van der Waals surface area contributed by atoms with E-state index in [-0.39, 0.29) is 11.6 Å². The summed E-state index contributed by atoms with van der Waals surface area (Å²) >= 11 is 1.50. The summed E-state index contributed by atoms with van der Waals surface area (Å²) in [6.07, 6.45) is 10.2. The SMILES string of the molecule is CCc1ccc2nc(N(CCCn3ccnc3)C(=O)/C=C/c3ccc([N+](=O)[O-])cc3)sc2c1. The van der Waals surface area contributed by atoms with Crippen molar-refractivity contribution in [1.82, 2.24) is 14.5 Å². The fourth-order valence-electron chi connectivity index (χ4n) is 3.39. The average Bonchev–Trinajstić information content (AvgIpc) is 3.49. The van der Waals surface area contributed by atoms with Gasteiger partial charge in [-0.1, -0.05) is 24.3 Å². The maximum absolute atomic E-state index is 13.2. The number of aromatic nitrogens is 3. The van der Waals surface area contributed by atoms with E-state index < -0.39 is 4.92 Å². The van der Waals surface area contributed by atoms with Crippen LogP contribution in [0.3, 0.4) is 0 Å². The Bertz CT molecular complexity index is 1280. The van der Waals surface area contributed by atoms with E-state index in [9.17, 15) is 14.9 Å². The van der Waals surface area contributed by atoms with Gasteiger partial charge in [-0.3, -0.25) is 19.8 Å². The van der Waals surface area contributed by atoms with E-state index >= 15 is 0 Å². The number of anilines is 1. The minimum absolute atomic E-state index is 0.0144. The van der Waals surface area contributed by atoms with Crippen molar-refractivity contribution in [2.24, 2.45) is 0 Å². The molecule has 0 N–H and O–H groups in total. The molecule has 168 valence electrons. The first kappa shape index (κ1) is 22.3. The molecule has 0 atom stereocenters. The summed E-state index contributed by atoms with van der Waals surface area (Å²) in [5.74, 6) is -0.186. The molecular formula is C24H23N5O3S. The highest BCUT2D eigenvalue weighted by Crippen LogP contribution is 2.30. The zero-order valence-corrected chi connectivity index (χ0v) is 18.9. The molecule has 0 unspecified atom stereocenters. The minimum atomic E-state index is -0.447. The van der Waals surface area contributed by atoms with Gasteiger partial charge >= 0.3 is 0 Å². The number of carbonyl (C=O) groups is 1. The molecule has 0 aliphatic heterocycles. The molecule has 0 bridgehead atoms. The number of hydrogen-bond acceptors (Lipinski definition) is 6. The standard InChI is InChI=1S/C24H23N5O3S/c1-2-18-6-10-21-22(16-18)33-24(26-21)28(14-3-13-27-15-12-25-17-27)23(30)11-7-19-4-8-20(9-5-19)29(31)32/h4-12,15-17H,2-3,13-14H2,1H3/b11-7+. The fourth-order valence-corrected chi connectivity index (χ4v) is 4.45. The molecule has 2 heterocycles. The normalized spacial score (nSPS) is 11.3. The lowest BCUT2D eigenvalue weighted by molar-refractivity contribution is -0.384. The van der Waals surface area contributed by atoms with Crippen LogP contribution in [0.2, 0.25) is 0 Å². The van der Waals surface area contributed by atoms with Gasteiger partial charge in [-0.2, -0.15) is 0 Å². The van der Waals surface area contributed by atoms with Gasteiger partial charge in [0.15, 0.2) is 5.13 Å². The quantitative estimate of drug-likeness (QED) is 0.196. The van der Waals surface area contributed by atoms with E-state index in [0.29, 0.717) is 17.2 Å². The van der Waals surface area contributed by atoms with Crippen LogP contribution >= 0.6 is 11.3 Å². The largest absolute Gasteiger partial charge is 0.337 e. The number of thiazole rings is 1. The summed E-state index contributed by atoms with van der Waals surface area (Å²) in [4.78, 5) is 34.0. The van der Waals surface area contributed by atoms with Gasteiger partial charge in [0.2, 0.25) is 0 Å². The summed E-state index contributed by atoms with van der Waals surface area (Å²) in [5, 5.41) is 11.5. The third kappa shape index (κ3) is 5.50. The lowest BCUT2D eigenvalue weighted by Crippen LogP contribution is -2.30. The highest BCUT2D eigenvalue weighted by atomic mass is 32.1. The average molecular weight is 462 g/mol. The lowest BCUT2D eigenvalue weighted by Gasteiger charge is -2.18. The van der Waals surface area contributed by atoms with Crippen LogP contribution in [0.5, 0.6) is 0 Å². The number of rotatable bonds is 9. The van der Waals surface area contributed by atoms with Gasteiger partial charge in [0, 0.05) is 43.7 Å². The molecule has 4 aromatic rings. The first-order valence-corrected chi connectivity index (χ1v) is 11.4. The van der Waals surface area contributed by atoms with E-state index in [1.165, 1.54) is 35.1 Å². The molecular weight excluding hydrogens is 438 g/mol. The number of nitro benzene ring substituents is 1. The van der Waals surface area contributed by atoms with Gasteiger partial charge < -0.3 is 4.57 Å². The number of nitrogens with zero attached hydrogens (tertiary/aromatic N) is 5. The first-order valence-electron chi connectivity index (χ1n) is 10.6. The van der Waals surface area contributed by atoms with Crippen LogP contribution < -0.4 is 4.90 Å². The number of amides is 1. The maximum Gasteiger partial charge on any atom is 0.269 e. The summed E-state index contributed by atoms with van der Waals surface area (Å²) < 4.78 is 3.03. The van der Waals surface area contributed by atoms with Crippen LogP contribution in [0, 0.1) is 10.1 Å². The molecule has 1 amide bonds. The Morgan fingerprint density at radius 2 is 2.06 bits per heavy atom. The van der Waals surface area contributed by atoms with Crippen molar-refractivity contribution in [3.63, 3.8) is 0 Å². The molecule has 9 heteroatoms. The summed E-state index contributed by atoms with van der Waals surface area (Å²) in [6.45, 7) is 3.35. The Morgan fingerprint density at radius 3 is 2.76 bits per heavy atom. The second-order valence-electron chi connectivity index (χ2n) is 7.48. The predicted molar refractivity (Wildman–Crippen MR) is 130 cm³/mol. The Balaban J connectivity index is 1.55. The fraction of sp³-hybridized carbons (Fsp3) is 0.208. The molecule has 0 saturated carbocycles. The Hall–Kier alpha value is -3.85. The molecule has 0 radical (unpaired) electrons. The van der Waals surface area contributed by atoms with Crippen LogP contribution in [0.25, 0.3) is 16.3 Å². The number of non-ortho nitro benzene ring substituents is 1. The predicted octanol–water partition coefficient (Wildman–Crippen LogP) is 5.10. The second kappa shape index (κ2) is 10.2. The third-order valence-corrected chi connectivity index (χ3v) is 6.27. The summed E-state index contributed by atoms with van der Waals surface area (Å²) in [7, 11) is 0. The highest BCUT2D eigenvalue weighted by Gasteiger charge is 2.18. The molecule has 8 nitrogen and oxygen atoms in total. The van der Waals surface area contributed by atoms with Crippen molar-refractivity contribution in [3.8, 4) is 0 Å². The maximum atomic E-state index is 13.2. The number of fused-ring (bicyclic) bond motifs is 1. The zero-order valence-electron chi connectivity index (χ0n) is 18.1. The van der Waals surface area contributed by atoms with Crippen molar-refractivity contribution in [3.05, 3.63) is 88.5 Å². The van der Waals surface area contributed by atoms with E-state index in [0.717, 1.165) is 29.6 Å². The molecule has 0 aliphatic rings. The zero-order chi connectivity index (χ0) is 23.2. The van der Waals surface area contributed by atoms with Gasteiger partial charge in [-0.05, 0) is 54.3 Å². The second-order valence-corrected chi connectivity index (χ2v) is 8.49. The Morgan fingerprint density at radius 1 is 1.24 bits per heavy atom. The van der Waals surface area contributed by atoms with Gasteiger partial charge in [-0.15, -0.1) is 0 Å². The van der Waals surface area contributed by atoms with E-state index in [1.807, 2.05) is 16.8 Å². The van der Waals surface area contributed by atoms with Crippen LogP contribution in [0.15, 0.2) is 67.3 Å². The monoisotopic (exact) mass is 461 g/mol. The van der Waals surface area contributed by atoms with Gasteiger partial charge in [0.25, 0.3) is 11.6 Å². The number of imidazole rings is 1. The number of carbonyl (C=O) groups excluding carboxylic acids is 1. The van der Waals surface area contributed by atoms with Crippen molar-refractivity contribution < 1.29 is 9.72 Å².